The fourth-order valence-corrected chi connectivity index (χ4v) is 13.6. The van der Waals surface area contributed by atoms with Crippen LogP contribution in [0.3, 0.4) is 0 Å². The summed E-state index contributed by atoms with van der Waals surface area (Å²) in [6, 6.07) is 35.3. The maximum absolute atomic E-state index is 13.5. The Morgan fingerprint density at radius 2 is 1.50 bits per heavy atom. The zero-order valence-corrected chi connectivity index (χ0v) is 36.4. The van der Waals surface area contributed by atoms with Crippen LogP contribution in [0, 0.1) is 6.92 Å². The molecule has 15 heteroatoms. The predicted octanol–water partition coefficient (Wildman–Crippen LogP) is 7.18. The van der Waals surface area contributed by atoms with Gasteiger partial charge in [0.25, 0.3) is 5.56 Å². The molecule has 0 amide bonds. The lowest BCUT2D eigenvalue weighted by molar-refractivity contribution is -0.203. The van der Waals surface area contributed by atoms with Crippen molar-refractivity contribution in [3.63, 3.8) is 0 Å². The summed E-state index contributed by atoms with van der Waals surface area (Å²) in [5, 5.41) is 11.2. The van der Waals surface area contributed by atoms with Crippen molar-refractivity contribution < 1.29 is 33.3 Å². The van der Waals surface area contributed by atoms with E-state index in [-0.39, 0.29) is 13.2 Å². The molecule has 0 aliphatic carbocycles. The molecule has 3 aliphatic heterocycles. The molecule has 12 nitrogen and oxygen atoms in total. The van der Waals surface area contributed by atoms with E-state index in [1.165, 1.54) is 10.8 Å². The second kappa shape index (κ2) is 18.9. The number of H-pyrrole nitrogens is 1. The maximum atomic E-state index is 13.5. The SMILES string of the molecule is COc1ccc(C(OC[C@@]23CO[C@@H]([C@H](n4cc(C)c(=O)[nH]c4=O)O2)[C@@H]3OP(SCC[SH]=C(O)c2ccccc2)N2CCCC2)(c2ccccc2)c2ccc(OC)cc2)cc1. The Hall–Kier alpha value is -4.08. The Bertz CT molecular complexity index is 2310. The molecule has 0 saturated carbocycles. The first-order valence-corrected chi connectivity index (χ1v) is 23.9. The Morgan fingerprint density at radius 1 is 0.900 bits per heavy atom. The number of benzene rings is 4. The maximum Gasteiger partial charge on any atom is 0.330 e. The number of nitrogens with zero attached hydrogens (tertiary/aromatic N) is 2. The third-order valence-corrected chi connectivity index (χ3v) is 16.5. The second-order valence-corrected chi connectivity index (χ2v) is 19.8. The van der Waals surface area contributed by atoms with E-state index in [4.69, 9.17) is 28.2 Å². The van der Waals surface area contributed by atoms with Gasteiger partial charge < -0.3 is 33.3 Å². The number of ether oxygens (including phenoxy) is 5. The van der Waals surface area contributed by atoms with E-state index in [1.807, 2.05) is 109 Å². The number of methoxy groups -OCH3 is 2. The first-order chi connectivity index (χ1) is 29.2. The number of aliphatic hydroxyl groups is 1. The van der Waals surface area contributed by atoms with Gasteiger partial charge in [0.1, 0.15) is 40.0 Å². The number of hydrogen-bond donors (Lipinski definition) is 3. The molecule has 0 spiro atoms. The second-order valence-electron chi connectivity index (χ2n) is 14.9. The average molecular weight is 872 g/mol. The third-order valence-electron chi connectivity index (χ3n) is 11.2. The van der Waals surface area contributed by atoms with Crippen molar-refractivity contribution in [3.8, 4) is 11.5 Å². The number of hydrogen-bond acceptors (Lipinski definition) is 10. The highest BCUT2D eigenvalue weighted by Gasteiger charge is 2.65. The van der Waals surface area contributed by atoms with Crippen molar-refractivity contribution >= 4 is 35.3 Å². The van der Waals surface area contributed by atoms with Crippen LogP contribution in [0.2, 0.25) is 0 Å². The van der Waals surface area contributed by atoms with Gasteiger partial charge >= 0.3 is 5.69 Å². The molecule has 1 aromatic heterocycles. The van der Waals surface area contributed by atoms with Gasteiger partial charge in [-0.3, -0.25) is 19.0 Å². The van der Waals surface area contributed by atoms with Gasteiger partial charge in [0.2, 0.25) is 0 Å². The molecule has 3 fully saturated rings. The molecule has 3 aliphatic rings. The van der Waals surface area contributed by atoms with Gasteiger partial charge in [0.15, 0.2) is 13.7 Å². The molecule has 4 aromatic carbocycles. The highest BCUT2D eigenvalue weighted by Crippen LogP contribution is 2.61. The minimum absolute atomic E-state index is 0.0150. The van der Waals surface area contributed by atoms with Gasteiger partial charge in [0, 0.05) is 36.2 Å². The summed E-state index contributed by atoms with van der Waals surface area (Å²) in [5.41, 5.74) is 0.405. The van der Waals surface area contributed by atoms with Crippen LogP contribution < -0.4 is 20.7 Å². The molecule has 3 saturated heterocycles. The fraction of sp³-hybridized carbons (Fsp3) is 0.356. The number of fused-ring (bicyclic) bond motifs is 2. The molecule has 316 valence electrons. The molecule has 5 aromatic rings. The molecule has 5 atom stereocenters. The van der Waals surface area contributed by atoms with Crippen LogP contribution in [0.1, 0.15) is 46.9 Å². The van der Waals surface area contributed by atoms with Crippen LogP contribution in [-0.2, 0) is 24.3 Å². The van der Waals surface area contributed by atoms with E-state index in [9.17, 15) is 14.7 Å². The van der Waals surface area contributed by atoms with Crippen molar-refractivity contribution in [1.29, 1.82) is 0 Å². The smallest absolute Gasteiger partial charge is 0.330 e. The van der Waals surface area contributed by atoms with Crippen molar-refractivity contribution in [2.45, 2.75) is 49.4 Å². The van der Waals surface area contributed by atoms with Crippen molar-refractivity contribution in [3.05, 3.63) is 164 Å². The monoisotopic (exact) mass is 871 g/mol. The van der Waals surface area contributed by atoms with E-state index in [1.54, 1.807) is 32.5 Å². The lowest BCUT2D eigenvalue weighted by Crippen LogP contribution is -2.49. The van der Waals surface area contributed by atoms with Gasteiger partial charge in [-0.25, -0.2) is 4.79 Å². The zero-order chi connectivity index (χ0) is 41.7. The number of aliphatic hydroxyl groups excluding tert-OH is 1. The number of rotatable bonds is 17. The summed E-state index contributed by atoms with van der Waals surface area (Å²) < 4.78 is 43.3. The highest BCUT2D eigenvalue weighted by molar-refractivity contribution is 8.53. The lowest BCUT2D eigenvalue weighted by atomic mass is 9.79. The Labute approximate surface area is 358 Å². The molecule has 60 heavy (non-hydrogen) atoms. The average Bonchev–Trinajstić information content (AvgIpc) is 4.02. The summed E-state index contributed by atoms with van der Waals surface area (Å²) in [6.07, 6.45) is 1.42. The minimum Gasteiger partial charge on any atom is -0.497 e. The molecule has 8 rings (SSSR count). The molecule has 2 bridgehead atoms. The molecule has 2 N–H and O–H groups in total. The van der Waals surface area contributed by atoms with Crippen LogP contribution in [0.5, 0.6) is 11.5 Å². The standard InChI is InChI=1S/C45H50N3O9PS2/c1-31-28-48(43(51)46-40(31)49)41-38-39(57-58(47-24-10-11-25-47)60-27-26-59-42(50)32-12-6-4-7-13-32)44(56-41,29-54-38)30-55-45(33-14-8-5-9-15-33,34-16-20-36(52-2)21-17-34)35-18-22-37(53-3)23-19-35/h4-9,12-23,28,38-39,41,50,59H,10-11,24-27,29-30H2,1-3H3,(H,46,49,51)/t38-,39+,41-,44-,58?/m1/s1. The van der Waals surface area contributed by atoms with Gasteiger partial charge in [0.05, 0.1) is 27.4 Å². The first kappa shape index (κ1) is 42.6. The van der Waals surface area contributed by atoms with Crippen LogP contribution >= 0.6 is 30.2 Å². The third kappa shape index (κ3) is 8.68. The van der Waals surface area contributed by atoms with Gasteiger partial charge in [-0.05, 0) is 66.5 Å². The Morgan fingerprint density at radius 3 is 2.12 bits per heavy atom. The van der Waals surface area contributed by atoms with Crippen molar-refractivity contribution in [1.82, 2.24) is 14.2 Å². The summed E-state index contributed by atoms with van der Waals surface area (Å²) in [6.45, 7) is 3.62. The van der Waals surface area contributed by atoms with Gasteiger partial charge in [-0.1, -0.05) is 96.3 Å². The van der Waals surface area contributed by atoms with Crippen LogP contribution in [0.15, 0.2) is 125 Å². The predicted molar refractivity (Wildman–Crippen MR) is 239 cm³/mol. The van der Waals surface area contributed by atoms with Crippen molar-refractivity contribution in [2.24, 2.45) is 0 Å². The fourth-order valence-electron chi connectivity index (χ4n) is 8.04. The molecule has 1 unspecified atom stereocenters. The summed E-state index contributed by atoms with van der Waals surface area (Å²) in [7, 11) is 2.05. The number of aromatic amines is 1. The summed E-state index contributed by atoms with van der Waals surface area (Å²) >= 11 is 2.58. The van der Waals surface area contributed by atoms with E-state index < -0.39 is 48.4 Å². The van der Waals surface area contributed by atoms with E-state index in [2.05, 4.69) is 9.65 Å². The molecule has 0 radical (unpaired) electrons. The Balaban J connectivity index is 1.17. The lowest BCUT2D eigenvalue weighted by Gasteiger charge is -2.40. The van der Waals surface area contributed by atoms with Crippen LogP contribution in [0.4, 0.5) is 0 Å². The number of aromatic nitrogens is 2. The highest BCUT2D eigenvalue weighted by atomic mass is 32.7. The zero-order valence-electron chi connectivity index (χ0n) is 33.8. The van der Waals surface area contributed by atoms with Crippen molar-refractivity contribution in [2.75, 3.05) is 52.0 Å². The topological polar surface area (TPSA) is 134 Å². The quantitative estimate of drug-likeness (QED) is 0.0289. The number of aryl methyl sites for hydroxylation is 1. The molecular formula is C45H50N3O9PS2. The number of nitrogens with one attached hydrogen (secondary N) is 1. The molecule has 4 heterocycles. The van der Waals surface area contributed by atoms with Crippen LogP contribution in [0.25, 0.3) is 0 Å². The van der Waals surface area contributed by atoms with Gasteiger partial charge in [-0.15, -0.1) is 0 Å². The number of thiol groups is 1. The van der Waals surface area contributed by atoms with E-state index in [0.717, 1.165) is 71.0 Å². The molecular weight excluding hydrogens is 822 g/mol. The Kier molecular flexibility index (Phi) is 13.4. The van der Waals surface area contributed by atoms with E-state index >= 15 is 0 Å². The van der Waals surface area contributed by atoms with Gasteiger partial charge in [-0.2, -0.15) is 11.4 Å². The summed E-state index contributed by atoms with van der Waals surface area (Å²) in [5.74, 6) is 2.89. The normalized spacial score (nSPS) is 22.4. The minimum atomic E-state index is -1.23. The first-order valence-electron chi connectivity index (χ1n) is 20.0. The van der Waals surface area contributed by atoms with Crippen LogP contribution in [-0.4, -0.2) is 94.2 Å². The summed E-state index contributed by atoms with van der Waals surface area (Å²) in [4.78, 5) is 28.4. The largest absolute Gasteiger partial charge is 0.497 e. The van der Waals surface area contributed by atoms with E-state index in [0.29, 0.717) is 22.1 Å².